The summed E-state index contributed by atoms with van der Waals surface area (Å²) in [7, 11) is 0. The third-order valence-corrected chi connectivity index (χ3v) is 3.50. The van der Waals surface area contributed by atoms with Crippen molar-refractivity contribution in [2.75, 3.05) is 10.6 Å². The van der Waals surface area contributed by atoms with Crippen LogP contribution in [0.15, 0.2) is 42.5 Å². The molecule has 0 spiro atoms. The Morgan fingerprint density at radius 1 is 1.05 bits per heavy atom. The van der Waals surface area contributed by atoms with E-state index in [0.717, 1.165) is 22.4 Å². The number of carbonyl (C=O) groups is 1. The van der Waals surface area contributed by atoms with Crippen LogP contribution in [0.2, 0.25) is 0 Å². The summed E-state index contributed by atoms with van der Waals surface area (Å²) in [4.78, 5) is 12.0. The zero-order chi connectivity index (χ0) is 15.4. The van der Waals surface area contributed by atoms with Gasteiger partial charge in [0, 0.05) is 11.4 Å². The summed E-state index contributed by atoms with van der Waals surface area (Å²) in [6.45, 7) is 5.69. The number of hydrogen-bond donors (Lipinski definition) is 3. The van der Waals surface area contributed by atoms with Crippen molar-refractivity contribution in [1.29, 1.82) is 0 Å². The molecule has 110 valence electrons. The Kier molecular flexibility index (Phi) is 4.60. The van der Waals surface area contributed by atoms with E-state index >= 15 is 0 Å². The summed E-state index contributed by atoms with van der Waals surface area (Å²) in [5, 5.41) is 15.1. The molecule has 1 atom stereocenters. The topological polar surface area (TPSA) is 61.4 Å². The lowest BCUT2D eigenvalue weighted by atomic mass is 10.1. The lowest BCUT2D eigenvalue weighted by Gasteiger charge is -2.12. The van der Waals surface area contributed by atoms with Crippen LogP contribution in [0.4, 0.5) is 16.2 Å². The minimum Gasteiger partial charge on any atom is -0.389 e. The van der Waals surface area contributed by atoms with E-state index in [1.54, 1.807) is 31.2 Å². The van der Waals surface area contributed by atoms with Gasteiger partial charge in [-0.2, -0.15) is 0 Å². The van der Waals surface area contributed by atoms with Gasteiger partial charge in [0.05, 0.1) is 6.10 Å². The highest BCUT2D eigenvalue weighted by molar-refractivity contribution is 6.00. The standard InChI is InChI=1S/C17H20N2O2/c1-11-5-4-6-16(12(11)2)19-17(21)18-15-9-7-14(8-10-15)13(3)20/h4-10,13,20H,1-3H3,(H2,18,19,21). The van der Waals surface area contributed by atoms with Crippen LogP contribution >= 0.6 is 0 Å². The smallest absolute Gasteiger partial charge is 0.323 e. The van der Waals surface area contributed by atoms with Crippen molar-refractivity contribution in [3.8, 4) is 0 Å². The molecule has 0 fully saturated rings. The molecule has 2 aromatic rings. The summed E-state index contributed by atoms with van der Waals surface area (Å²) in [6, 6.07) is 12.6. The molecular formula is C17H20N2O2. The molecule has 2 aromatic carbocycles. The van der Waals surface area contributed by atoms with E-state index in [4.69, 9.17) is 0 Å². The molecule has 2 amide bonds. The van der Waals surface area contributed by atoms with Gasteiger partial charge in [0.2, 0.25) is 0 Å². The Morgan fingerprint density at radius 2 is 1.71 bits per heavy atom. The third kappa shape index (κ3) is 3.83. The zero-order valence-corrected chi connectivity index (χ0v) is 12.5. The summed E-state index contributed by atoms with van der Waals surface area (Å²) in [6.07, 6.45) is -0.511. The molecule has 1 unspecified atom stereocenters. The first kappa shape index (κ1) is 15.1. The predicted molar refractivity (Wildman–Crippen MR) is 85.6 cm³/mol. The van der Waals surface area contributed by atoms with Crippen LogP contribution < -0.4 is 10.6 Å². The monoisotopic (exact) mass is 284 g/mol. The van der Waals surface area contributed by atoms with Crippen LogP contribution in [0.1, 0.15) is 29.7 Å². The quantitative estimate of drug-likeness (QED) is 0.797. The van der Waals surface area contributed by atoms with E-state index in [9.17, 15) is 9.90 Å². The van der Waals surface area contributed by atoms with Gasteiger partial charge in [-0.1, -0.05) is 24.3 Å². The number of hydrogen-bond acceptors (Lipinski definition) is 2. The van der Waals surface area contributed by atoms with Crippen LogP contribution in [0.5, 0.6) is 0 Å². The van der Waals surface area contributed by atoms with Gasteiger partial charge in [0.15, 0.2) is 0 Å². The second-order valence-electron chi connectivity index (χ2n) is 5.12. The molecule has 2 rings (SSSR count). The van der Waals surface area contributed by atoms with Crippen LogP contribution in [0, 0.1) is 13.8 Å². The van der Waals surface area contributed by atoms with Crippen molar-refractivity contribution in [3.05, 3.63) is 59.2 Å². The molecule has 0 saturated carbocycles. The number of urea groups is 1. The molecule has 4 heteroatoms. The Morgan fingerprint density at radius 3 is 2.33 bits per heavy atom. The van der Waals surface area contributed by atoms with Crippen molar-refractivity contribution >= 4 is 17.4 Å². The molecule has 0 aliphatic rings. The number of aliphatic hydroxyl groups is 1. The Bertz CT molecular complexity index is 634. The number of amides is 2. The van der Waals surface area contributed by atoms with Crippen molar-refractivity contribution in [2.45, 2.75) is 26.9 Å². The maximum absolute atomic E-state index is 12.0. The number of aryl methyl sites for hydroxylation is 1. The molecule has 21 heavy (non-hydrogen) atoms. The fourth-order valence-electron chi connectivity index (χ4n) is 2.02. The number of aliphatic hydroxyl groups excluding tert-OH is 1. The maximum atomic E-state index is 12.0. The highest BCUT2D eigenvalue weighted by Gasteiger charge is 2.06. The molecule has 0 saturated heterocycles. The van der Waals surface area contributed by atoms with E-state index in [0.29, 0.717) is 5.69 Å². The van der Waals surface area contributed by atoms with E-state index in [2.05, 4.69) is 10.6 Å². The number of nitrogens with one attached hydrogen (secondary N) is 2. The van der Waals surface area contributed by atoms with Crippen LogP contribution in [-0.2, 0) is 0 Å². The number of anilines is 2. The van der Waals surface area contributed by atoms with Gasteiger partial charge < -0.3 is 15.7 Å². The molecule has 0 aromatic heterocycles. The van der Waals surface area contributed by atoms with Gasteiger partial charge in [0.1, 0.15) is 0 Å². The minimum atomic E-state index is -0.511. The SMILES string of the molecule is Cc1cccc(NC(=O)Nc2ccc(C(C)O)cc2)c1C. The highest BCUT2D eigenvalue weighted by Crippen LogP contribution is 2.19. The zero-order valence-electron chi connectivity index (χ0n) is 12.5. The Labute approximate surface area is 124 Å². The van der Waals surface area contributed by atoms with Crippen molar-refractivity contribution in [1.82, 2.24) is 0 Å². The van der Waals surface area contributed by atoms with E-state index in [-0.39, 0.29) is 6.03 Å². The molecule has 0 aliphatic heterocycles. The molecule has 0 heterocycles. The highest BCUT2D eigenvalue weighted by atomic mass is 16.3. The molecular weight excluding hydrogens is 264 g/mol. The molecule has 0 aliphatic carbocycles. The normalized spacial score (nSPS) is 11.8. The number of benzene rings is 2. The molecule has 3 N–H and O–H groups in total. The largest absolute Gasteiger partial charge is 0.389 e. The third-order valence-electron chi connectivity index (χ3n) is 3.50. The second kappa shape index (κ2) is 6.41. The summed E-state index contributed by atoms with van der Waals surface area (Å²) in [5.41, 5.74) is 4.48. The van der Waals surface area contributed by atoms with E-state index in [1.807, 2.05) is 32.0 Å². The first-order chi connectivity index (χ1) is 9.97. The van der Waals surface area contributed by atoms with Crippen LogP contribution in [-0.4, -0.2) is 11.1 Å². The lowest BCUT2D eigenvalue weighted by Crippen LogP contribution is -2.20. The molecule has 4 nitrogen and oxygen atoms in total. The summed E-state index contributed by atoms with van der Waals surface area (Å²) < 4.78 is 0. The summed E-state index contributed by atoms with van der Waals surface area (Å²) >= 11 is 0. The van der Waals surface area contributed by atoms with Crippen LogP contribution in [0.3, 0.4) is 0 Å². The molecule has 0 radical (unpaired) electrons. The Balaban J connectivity index is 2.03. The predicted octanol–water partition coefficient (Wildman–Crippen LogP) is 4.00. The van der Waals surface area contributed by atoms with Gasteiger partial charge in [-0.15, -0.1) is 0 Å². The molecule has 0 bridgehead atoms. The maximum Gasteiger partial charge on any atom is 0.323 e. The van der Waals surface area contributed by atoms with Crippen molar-refractivity contribution in [3.63, 3.8) is 0 Å². The number of carbonyl (C=O) groups excluding carboxylic acids is 1. The van der Waals surface area contributed by atoms with Gasteiger partial charge in [-0.25, -0.2) is 4.79 Å². The number of rotatable bonds is 3. The van der Waals surface area contributed by atoms with Gasteiger partial charge in [0.25, 0.3) is 0 Å². The average molecular weight is 284 g/mol. The first-order valence-electron chi connectivity index (χ1n) is 6.89. The second-order valence-corrected chi connectivity index (χ2v) is 5.12. The first-order valence-corrected chi connectivity index (χ1v) is 6.89. The van der Waals surface area contributed by atoms with E-state index < -0.39 is 6.10 Å². The van der Waals surface area contributed by atoms with Gasteiger partial charge >= 0.3 is 6.03 Å². The van der Waals surface area contributed by atoms with Gasteiger partial charge in [-0.05, 0) is 55.7 Å². The average Bonchev–Trinajstić information content (AvgIpc) is 2.44. The van der Waals surface area contributed by atoms with Crippen LogP contribution in [0.25, 0.3) is 0 Å². The fraction of sp³-hybridized carbons (Fsp3) is 0.235. The Hall–Kier alpha value is -2.33. The lowest BCUT2D eigenvalue weighted by molar-refractivity contribution is 0.199. The fourth-order valence-corrected chi connectivity index (χ4v) is 2.02. The summed E-state index contributed by atoms with van der Waals surface area (Å²) in [5.74, 6) is 0. The van der Waals surface area contributed by atoms with Gasteiger partial charge in [-0.3, -0.25) is 0 Å². The van der Waals surface area contributed by atoms with E-state index in [1.165, 1.54) is 0 Å². The minimum absolute atomic E-state index is 0.284. The van der Waals surface area contributed by atoms with Crippen molar-refractivity contribution in [2.24, 2.45) is 0 Å². The van der Waals surface area contributed by atoms with Crippen molar-refractivity contribution < 1.29 is 9.90 Å².